The van der Waals surface area contributed by atoms with Crippen molar-refractivity contribution in [2.75, 3.05) is 29.6 Å². The van der Waals surface area contributed by atoms with E-state index in [0.29, 0.717) is 13.0 Å². The summed E-state index contributed by atoms with van der Waals surface area (Å²) in [6.07, 6.45) is 0.617. The number of sulfone groups is 2. The average Bonchev–Trinajstić information content (AvgIpc) is 2.14. The predicted octanol–water partition coefficient (Wildman–Crippen LogP) is -0.425. The van der Waals surface area contributed by atoms with Gasteiger partial charge in [0.05, 0.1) is 17.3 Å². The van der Waals surface area contributed by atoms with E-state index in [9.17, 15) is 16.8 Å². The van der Waals surface area contributed by atoms with Crippen molar-refractivity contribution in [1.82, 2.24) is 0 Å². The Morgan fingerprint density at radius 3 is 1.80 bits per heavy atom. The molecular formula is C8H19NO4S2. The Balaban J connectivity index is 3.96. The van der Waals surface area contributed by atoms with Gasteiger partial charge in [0.2, 0.25) is 0 Å². The minimum absolute atomic E-state index is 0.0502. The molecule has 0 spiro atoms. The number of hydrogen-bond acceptors (Lipinski definition) is 5. The van der Waals surface area contributed by atoms with Crippen molar-refractivity contribution in [3.05, 3.63) is 0 Å². The molecule has 92 valence electrons. The van der Waals surface area contributed by atoms with Gasteiger partial charge in [-0.05, 0) is 19.4 Å². The highest BCUT2D eigenvalue weighted by Gasteiger charge is 2.13. The van der Waals surface area contributed by atoms with Crippen LogP contribution < -0.4 is 5.73 Å². The van der Waals surface area contributed by atoms with E-state index < -0.39 is 19.7 Å². The molecule has 0 saturated carbocycles. The third kappa shape index (κ3) is 7.75. The van der Waals surface area contributed by atoms with Gasteiger partial charge in [0.1, 0.15) is 19.7 Å². The summed E-state index contributed by atoms with van der Waals surface area (Å²) < 4.78 is 44.8. The van der Waals surface area contributed by atoms with Crippen molar-refractivity contribution < 1.29 is 16.8 Å². The molecule has 0 bridgehead atoms. The molecule has 0 aliphatic rings. The lowest BCUT2D eigenvalue weighted by molar-refractivity contribution is 0.589. The van der Waals surface area contributed by atoms with E-state index in [1.807, 2.05) is 0 Å². The molecule has 0 unspecified atom stereocenters. The Morgan fingerprint density at radius 1 is 0.867 bits per heavy atom. The summed E-state index contributed by atoms with van der Waals surface area (Å²) in [4.78, 5) is 0. The van der Waals surface area contributed by atoms with Crippen LogP contribution in [0.4, 0.5) is 0 Å². The molecule has 0 aromatic carbocycles. The second-order valence-corrected chi connectivity index (χ2v) is 8.16. The topological polar surface area (TPSA) is 94.3 Å². The molecule has 0 aromatic rings. The lowest BCUT2D eigenvalue weighted by Crippen LogP contribution is -2.17. The van der Waals surface area contributed by atoms with Gasteiger partial charge in [-0.2, -0.15) is 0 Å². The fourth-order valence-corrected chi connectivity index (χ4v) is 3.50. The molecule has 0 heterocycles. The van der Waals surface area contributed by atoms with Crippen LogP contribution in [0.5, 0.6) is 0 Å². The standard InChI is InChI=1S/C8H19NO4S2/c1-2-14(10,11)7-4-8-15(12,13)6-3-5-9/h2-9H2,1H3. The van der Waals surface area contributed by atoms with E-state index in [1.54, 1.807) is 6.92 Å². The van der Waals surface area contributed by atoms with E-state index in [4.69, 9.17) is 5.73 Å². The fourth-order valence-electron chi connectivity index (χ4n) is 1.05. The third-order valence-electron chi connectivity index (χ3n) is 2.01. The molecule has 0 aliphatic carbocycles. The Kier molecular flexibility index (Phi) is 6.38. The van der Waals surface area contributed by atoms with Gasteiger partial charge < -0.3 is 5.73 Å². The van der Waals surface area contributed by atoms with Gasteiger partial charge in [-0.25, -0.2) is 16.8 Å². The molecule has 0 rings (SSSR count). The molecule has 2 N–H and O–H groups in total. The summed E-state index contributed by atoms with van der Waals surface area (Å²) in [7, 11) is -6.17. The maximum absolute atomic E-state index is 11.3. The quantitative estimate of drug-likeness (QED) is 0.637. The zero-order valence-corrected chi connectivity index (χ0v) is 10.6. The minimum Gasteiger partial charge on any atom is -0.330 e. The number of hydrogen-bond donors (Lipinski definition) is 1. The summed E-state index contributed by atoms with van der Waals surface area (Å²) in [6, 6.07) is 0. The molecule has 0 aromatic heterocycles. The second kappa shape index (κ2) is 6.44. The van der Waals surface area contributed by atoms with Crippen LogP contribution in [0, 0.1) is 0 Å². The van der Waals surface area contributed by atoms with Crippen molar-refractivity contribution in [1.29, 1.82) is 0 Å². The summed E-state index contributed by atoms with van der Waals surface area (Å²) in [5.41, 5.74) is 5.19. The van der Waals surface area contributed by atoms with Crippen LogP contribution in [-0.2, 0) is 19.7 Å². The molecule has 0 fully saturated rings. The molecule has 0 aliphatic heterocycles. The summed E-state index contributed by atoms with van der Waals surface area (Å²) >= 11 is 0. The van der Waals surface area contributed by atoms with Crippen molar-refractivity contribution in [2.45, 2.75) is 19.8 Å². The van der Waals surface area contributed by atoms with Crippen LogP contribution in [0.1, 0.15) is 19.8 Å². The van der Waals surface area contributed by atoms with Crippen molar-refractivity contribution >= 4 is 19.7 Å². The predicted molar refractivity (Wildman–Crippen MR) is 61.3 cm³/mol. The summed E-state index contributed by atoms with van der Waals surface area (Å²) in [5.74, 6) is 0.00308. The zero-order valence-electron chi connectivity index (χ0n) is 8.98. The van der Waals surface area contributed by atoms with E-state index in [0.717, 1.165) is 0 Å². The van der Waals surface area contributed by atoms with Crippen LogP contribution in [0.2, 0.25) is 0 Å². The first-order chi connectivity index (χ1) is 6.83. The largest absolute Gasteiger partial charge is 0.330 e. The first kappa shape index (κ1) is 14.9. The lowest BCUT2D eigenvalue weighted by atomic mass is 10.5. The lowest BCUT2D eigenvalue weighted by Gasteiger charge is -2.03. The highest BCUT2D eigenvalue weighted by atomic mass is 32.2. The van der Waals surface area contributed by atoms with Crippen LogP contribution in [0.15, 0.2) is 0 Å². The van der Waals surface area contributed by atoms with Gasteiger partial charge in [0.25, 0.3) is 0 Å². The van der Waals surface area contributed by atoms with Gasteiger partial charge in [0.15, 0.2) is 0 Å². The molecule has 15 heavy (non-hydrogen) atoms. The van der Waals surface area contributed by atoms with Crippen LogP contribution >= 0.6 is 0 Å². The van der Waals surface area contributed by atoms with Crippen LogP contribution in [0.3, 0.4) is 0 Å². The third-order valence-corrected chi connectivity index (χ3v) is 5.62. The van der Waals surface area contributed by atoms with Crippen LogP contribution in [-0.4, -0.2) is 46.4 Å². The fraction of sp³-hybridized carbons (Fsp3) is 1.00. The van der Waals surface area contributed by atoms with Crippen molar-refractivity contribution in [3.63, 3.8) is 0 Å². The zero-order chi connectivity index (χ0) is 11.9. The Hall–Kier alpha value is -0.140. The maximum Gasteiger partial charge on any atom is 0.150 e. The average molecular weight is 257 g/mol. The molecule has 5 nitrogen and oxygen atoms in total. The van der Waals surface area contributed by atoms with Gasteiger partial charge in [0, 0.05) is 5.75 Å². The molecule has 7 heteroatoms. The normalized spacial score (nSPS) is 12.9. The number of rotatable bonds is 8. The first-order valence-electron chi connectivity index (χ1n) is 4.94. The Labute approximate surface area is 91.9 Å². The summed E-state index contributed by atoms with van der Waals surface area (Å²) in [6.45, 7) is 1.89. The van der Waals surface area contributed by atoms with E-state index in [2.05, 4.69) is 0 Å². The van der Waals surface area contributed by atoms with Crippen molar-refractivity contribution in [3.8, 4) is 0 Å². The summed E-state index contributed by atoms with van der Waals surface area (Å²) in [5, 5.41) is 0. The molecule has 0 radical (unpaired) electrons. The monoisotopic (exact) mass is 257 g/mol. The van der Waals surface area contributed by atoms with Gasteiger partial charge >= 0.3 is 0 Å². The van der Waals surface area contributed by atoms with Gasteiger partial charge in [-0.1, -0.05) is 6.92 Å². The molecule has 0 atom stereocenters. The minimum atomic E-state index is -3.12. The first-order valence-corrected chi connectivity index (χ1v) is 8.58. The van der Waals surface area contributed by atoms with E-state index >= 15 is 0 Å². The van der Waals surface area contributed by atoms with E-state index in [-0.39, 0.29) is 29.4 Å². The van der Waals surface area contributed by atoms with Crippen LogP contribution in [0.25, 0.3) is 0 Å². The van der Waals surface area contributed by atoms with Gasteiger partial charge in [-0.3, -0.25) is 0 Å². The Morgan fingerprint density at radius 2 is 1.33 bits per heavy atom. The van der Waals surface area contributed by atoms with Crippen molar-refractivity contribution in [2.24, 2.45) is 5.73 Å². The number of nitrogens with two attached hydrogens (primary N) is 1. The highest BCUT2D eigenvalue weighted by Crippen LogP contribution is 2.00. The second-order valence-electron chi connectivity index (χ2n) is 3.38. The molecular weight excluding hydrogens is 238 g/mol. The van der Waals surface area contributed by atoms with E-state index in [1.165, 1.54) is 0 Å². The Bertz CT molecular complexity index is 358. The highest BCUT2D eigenvalue weighted by molar-refractivity contribution is 7.92. The molecule has 0 amide bonds. The maximum atomic E-state index is 11.3. The SMILES string of the molecule is CCS(=O)(=O)CCCS(=O)(=O)CCCN. The smallest absolute Gasteiger partial charge is 0.150 e. The van der Waals surface area contributed by atoms with Gasteiger partial charge in [-0.15, -0.1) is 0 Å². The molecule has 0 saturated heterocycles.